The average molecular weight is 340 g/mol. The lowest BCUT2D eigenvalue weighted by molar-refractivity contribution is -0.385. The van der Waals surface area contributed by atoms with E-state index in [9.17, 15) is 19.3 Å². The van der Waals surface area contributed by atoms with Crippen LogP contribution in [-0.4, -0.2) is 11.2 Å². The zero-order valence-corrected chi connectivity index (χ0v) is 11.5. The van der Waals surface area contributed by atoms with E-state index in [-0.39, 0.29) is 17.2 Å². The minimum atomic E-state index is -0.663. The minimum Gasteiger partial charge on any atom is -0.450 e. The van der Waals surface area contributed by atoms with E-state index in [0.29, 0.717) is 16.3 Å². The second kappa shape index (κ2) is 5.79. The molecule has 0 N–H and O–H groups in total. The second-order valence-electron chi connectivity index (χ2n) is 3.77. The van der Waals surface area contributed by atoms with Crippen LogP contribution in [-0.2, 0) is 0 Å². The second-order valence-corrected chi connectivity index (χ2v) is 4.63. The summed E-state index contributed by atoms with van der Waals surface area (Å²) in [5.74, 6) is -0.605. The number of nitro benzene ring substituents is 1. The summed E-state index contributed by atoms with van der Waals surface area (Å²) in [6.07, 6.45) is 0.651. The fourth-order valence-corrected chi connectivity index (χ4v) is 1.97. The van der Waals surface area contributed by atoms with Crippen molar-refractivity contribution in [2.45, 2.75) is 0 Å². The fraction of sp³-hybridized carbons (Fsp3) is 0. The minimum absolute atomic E-state index is 0.208. The number of carbonyl (C=O) groups excluding carboxylic acids is 1. The van der Waals surface area contributed by atoms with Crippen molar-refractivity contribution in [3.8, 4) is 11.5 Å². The zero-order valence-electron chi connectivity index (χ0n) is 9.88. The number of halogens is 2. The molecule has 0 bridgehead atoms. The summed E-state index contributed by atoms with van der Waals surface area (Å²) in [4.78, 5) is 20.9. The molecule has 0 aliphatic carbocycles. The lowest BCUT2D eigenvalue weighted by Crippen LogP contribution is -1.94. The molecular formula is C13H7BrFNO4. The van der Waals surface area contributed by atoms with Crippen molar-refractivity contribution in [1.82, 2.24) is 0 Å². The van der Waals surface area contributed by atoms with Crippen LogP contribution in [0.15, 0.2) is 40.9 Å². The van der Waals surface area contributed by atoms with Crippen LogP contribution in [0.3, 0.4) is 0 Å². The molecule has 2 rings (SSSR count). The Morgan fingerprint density at radius 1 is 1.25 bits per heavy atom. The number of ether oxygens (including phenoxy) is 1. The zero-order chi connectivity index (χ0) is 14.7. The molecule has 7 heteroatoms. The molecule has 0 atom stereocenters. The largest absolute Gasteiger partial charge is 0.450 e. The van der Waals surface area contributed by atoms with E-state index in [1.807, 2.05) is 0 Å². The van der Waals surface area contributed by atoms with Crippen LogP contribution in [0.25, 0.3) is 0 Å². The van der Waals surface area contributed by atoms with E-state index in [1.54, 1.807) is 0 Å². The monoisotopic (exact) mass is 339 g/mol. The maximum Gasteiger partial charge on any atom is 0.311 e. The third-order valence-electron chi connectivity index (χ3n) is 2.45. The van der Waals surface area contributed by atoms with Gasteiger partial charge in [-0.3, -0.25) is 14.9 Å². The Balaban J connectivity index is 2.39. The van der Waals surface area contributed by atoms with E-state index in [0.717, 1.165) is 18.2 Å². The Hall–Kier alpha value is -2.28. The number of carbonyl (C=O) groups is 1. The molecule has 5 nitrogen and oxygen atoms in total. The van der Waals surface area contributed by atoms with Crippen molar-refractivity contribution in [3.63, 3.8) is 0 Å². The summed E-state index contributed by atoms with van der Waals surface area (Å²) < 4.78 is 18.9. The standard InChI is InChI=1S/C13H7BrFNO4/c14-11-6-10(3-1-8(11)7-17)20-13-5-9(15)2-4-12(13)16(18)19/h1-7H. The highest BCUT2D eigenvalue weighted by Gasteiger charge is 2.17. The molecule has 0 aliphatic rings. The van der Waals surface area contributed by atoms with E-state index in [4.69, 9.17) is 4.74 Å². The molecular weight excluding hydrogens is 333 g/mol. The van der Waals surface area contributed by atoms with Gasteiger partial charge in [-0.1, -0.05) is 0 Å². The van der Waals surface area contributed by atoms with Gasteiger partial charge >= 0.3 is 5.69 Å². The molecule has 2 aromatic rings. The molecule has 2 aromatic carbocycles. The van der Waals surface area contributed by atoms with Crippen LogP contribution in [0.2, 0.25) is 0 Å². The molecule has 0 aliphatic heterocycles. The number of benzene rings is 2. The normalized spacial score (nSPS) is 10.1. The molecule has 0 heterocycles. The highest BCUT2D eigenvalue weighted by molar-refractivity contribution is 9.10. The van der Waals surface area contributed by atoms with Crippen molar-refractivity contribution >= 4 is 27.9 Å². The van der Waals surface area contributed by atoms with Crippen molar-refractivity contribution < 1.29 is 18.8 Å². The Morgan fingerprint density at radius 3 is 2.60 bits per heavy atom. The van der Waals surface area contributed by atoms with Gasteiger partial charge in [0, 0.05) is 22.2 Å². The molecule has 0 radical (unpaired) electrons. The van der Waals surface area contributed by atoms with Crippen LogP contribution < -0.4 is 4.74 Å². The third-order valence-corrected chi connectivity index (χ3v) is 3.13. The summed E-state index contributed by atoms with van der Waals surface area (Å²) in [5, 5.41) is 10.8. The molecule has 102 valence electrons. The maximum absolute atomic E-state index is 13.2. The first kappa shape index (κ1) is 14.1. The molecule has 0 saturated carbocycles. The Bertz CT molecular complexity index is 690. The van der Waals surface area contributed by atoms with E-state index >= 15 is 0 Å². The number of hydrogen-bond acceptors (Lipinski definition) is 4. The number of nitrogens with zero attached hydrogens (tertiary/aromatic N) is 1. The van der Waals surface area contributed by atoms with Crippen LogP contribution >= 0.6 is 15.9 Å². The lowest BCUT2D eigenvalue weighted by Gasteiger charge is -2.07. The number of aldehydes is 1. The molecule has 0 amide bonds. The Morgan fingerprint density at radius 2 is 2.00 bits per heavy atom. The van der Waals surface area contributed by atoms with Gasteiger partial charge in [-0.05, 0) is 40.2 Å². The SMILES string of the molecule is O=Cc1ccc(Oc2cc(F)ccc2[N+](=O)[O-])cc1Br. The quantitative estimate of drug-likeness (QED) is 0.477. The summed E-state index contributed by atoms with van der Waals surface area (Å²) in [6.45, 7) is 0. The lowest BCUT2D eigenvalue weighted by atomic mass is 10.2. The maximum atomic E-state index is 13.2. The van der Waals surface area contributed by atoms with Crippen LogP contribution in [0.1, 0.15) is 10.4 Å². The van der Waals surface area contributed by atoms with Crippen molar-refractivity contribution in [1.29, 1.82) is 0 Å². The first-order valence-electron chi connectivity index (χ1n) is 5.38. The first-order valence-corrected chi connectivity index (χ1v) is 6.17. The Kier molecular flexibility index (Phi) is 4.09. The topological polar surface area (TPSA) is 69.4 Å². The summed E-state index contributed by atoms with van der Waals surface area (Å²) in [6, 6.07) is 7.36. The Labute approximate surface area is 121 Å². The predicted molar refractivity (Wildman–Crippen MR) is 72.7 cm³/mol. The average Bonchev–Trinajstić information content (AvgIpc) is 2.38. The van der Waals surface area contributed by atoms with Crippen molar-refractivity contribution in [2.75, 3.05) is 0 Å². The smallest absolute Gasteiger partial charge is 0.311 e. The molecule has 0 unspecified atom stereocenters. The van der Waals surface area contributed by atoms with E-state index in [2.05, 4.69) is 15.9 Å². The number of nitro groups is 1. The van der Waals surface area contributed by atoms with Gasteiger partial charge in [0.25, 0.3) is 0 Å². The van der Waals surface area contributed by atoms with Crippen molar-refractivity contribution in [3.05, 3.63) is 62.4 Å². The van der Waals surface area contributed by atoms with Crippen LogP contribution in [0.4, 0.5) is 10.1 Å². The summed E-state index contributed by atoms with van der Waals surface area (Å²) in [5.41, 5.74) is 0.0630. The van der Waals surface area contributed by atoms with Gasteiger partial charge in [-0.15, -0.1) is 0 Å². The van der Waals surface area contributed by atoms with Gasteiger partial charge in [-0.25, -0.2) is 4.39 Å². The molecule has 0 spiro atoms. The number of hydrogen-bond donors (Lipinski definition) is 0. The summed E-state index contributed by atoms with van der Waals surface area (Å²) >= 11 is 3.16. The van der Waals surface area contributed by atoms with E-state index < -0.39 is 10.7 Å². The highest BCUT2D eigenvalue weighted by atomic mass is 79.9. The van der Waals surface area contributed by atoms with E-state index in [1.165, 1.54) is 18.2 Å². The van der Waals surface area contributed by atoms with Crippen LogP contribution in [0, 0.1) is 15.9 Å². The molecule has 0 aromatic heterocycles. The van der Waals surface area contributed by atoms with Gasteiger partial charge in [0.15, 0.2) is 6.29 Å². The van der Waals surface area contributed by atoms with Gasteiger partial charge in [0.2, 0.25) is 5.75 Å². The molecule has 0 saturated heterocycles. The summed E-state index contributed by atoms with van der Waals surface area (Å²) in [7, 11) is 0. The van der Waals surface area contributed by atoms with Gasteiger partial charge in [0.05, 0.1) is 4.92 Å². The molecule has 0 fully saturated rings. The van der Waals surface area contributed by atoms with Gasteiger partial charge < -0.3 is 4.74 Å². The van der Waals surface area contributed by atoms with Gasteiger partial charge in [-0.2, -0.15) is 0 Å². The van der Waals surface area contributed by atoms with Crippen molar-refractivity contribution in [2.24, 2.45) is 0 Å². The molecule has 20 heavy (non-hydrogen) atoms. The highest BCUT2D eigenvalue weighted by Crippen LogP contribution is 2.33. The number of rotatable bonds is 4. The van der Waals surface area contributed by atoms with Gasteiger partial charge in [0.1, 0.15) is 11.6 Å². The third kappa shape index (κ3) is 3.00. The first-order chi connectivity index (χ1) is 9.51. The fourth-order valence-electron chi connectivity index (χ4n) is 1.51. The predicted octanol–water partition coefficient (Wildman–Crippen LogP) is 4.10. The van der Waals surface area contributed by atoms with Crippen LogP contribution in [0.5, 0.6) is 11.5 Å².